The standard InChI is InChI=1S/C13H14ClNS/c1-9-5-11(7-12(14)6-9)13(15-2)10-3-4-16-8-10/h3-8,13,15H,1-2H3. The zero-order chi connectivity index (χ0) is 11.5. The first-order valence-electron chi connectivity index (χ1n) is 5.17. The summed E-state index contributed by atoms with van der Waals surface area (Å²) in [5, 5.41) is 8.38. The van der Waals surface area contributed by atoms with Crippen molar-refractivity contribution in [1.82, 2.24) is 5.32 Å². The Hall–Kier alpha value is -0.830. The summed E-state index contributed by atoms with van der Waals surface area (Å²) in [5.74, 6) is 0. The summed E-state index contributed by atoms with van der Waals surface area (Å²) in [4.78, 5) is 0. The summed E-state index contributed by atoms with van der Waals surface area (Å²) >= 11 is 7.80. The van der Waals surface area contributed by atoms with Gasteiger partial charge in [0.1, 0.15) is 0 Å². The van der Waals surface area contributed by atoms with Gasteiger partial charge in [-0.05, 0) is 59.6 Å². The molecule has 0 aliphatic carbocycles. The maximum absolute atomic E-state index is 6.09. The Morgan fingerprint density at radius 3 is 2.62 bits per heavy atom. The third-order valence-corrected chi connectivity index (χ3v) is 3.48. The Morgan fingerprint density at radius 1 is 1.25 bits per heavy atom. The molecule has 1 N–H and O–H groups in total. The van der Waals surface area contributed by atoms with E-state index in [1.165, 1.54) is 16.7 Å². The van der Waals surface area contributed by atoms with Crippen LogP contribution in [0.15, 0.2) is 35.0 Å². The first-order valence-corrected chi connectivity index (χ1v) is 6.49. The Morgan fingerprint density at radius 2 is 2.06 bits per heavy atom. The van der Waals surface area contributed by atoms with Crippen LogP contribution in [0.25, 0.3) is 0 Å². The predicted molar refractivity (Wildman–Crippen MR) is 71.4 cm³/mol. The van der Waals surface area contributed by atoms with Gasteiger partial charge in [0.15, 0.2) is 0 Å². The molecule has 16 heavy (non-hydrogen) atoms. The average molecular weight is 252 g/mol. The van der Waals surface area contributed by atoms with Crippen LogP contribution in [-0.2, 0) is 0 Å². The molecule has 1 aromatic carbocycles. The Balaban J connectivity index is 2.41. The van der Waals surface area contributed by atoms with E-state index in [4.69, 9.17) is 11.6 Å². The van der Waals surface area contributed by atoms with Crippen molar-refractivity contribution in [2.24, 2.45) is 0 Å². The second-order valence-electron chi connectivity index (χ2n) is 3.84. The van der Waals surface area contributed by atoms with Gasteiger partial charge in [0.25, 0.3) is 0 Å². The zero-order valence-corrected chi connectivity index (χ0v) is 10.9. The lowest BCUT2D eigenvalue weighted by Gasteiger charge is -2.16. The number of aryl methyl sites for hydroxylation is 1. The van der Waals surface area contributed by atoms with Gasteiger partial charge in [0.2, 0.25) is 0 Å². The van der Waals surface area contributed by atoms with Crippen LogP contribution in [0.2, 0.25) is 5.02 Å². The van der Waals surface area contributed by atoms with Crippen LogP contribution in [0.4, 0.5) is 0 Å². The summed E-state index contributed by atoms with van der Waals surface area (Å²) in [5.41, 5.74) is 3.69. The highest BCUT2D eigenvalue weighted by molar-refractivity contribution is 7.08. The molecule has 0 saturated heterocycles. The van der Waals surface area contributed by atoms with Crippen LogP contribution in [0.3, 0.4) is 0 Å². The molecule has 1 unspecified atom stereocenters. The third kappa shape index (κ3) is 2.46. The molecule has 3 heteroatoms. The van der Waals surface area contributed by atoms with E-state index >= 15 is 0 Å². The van der Waals surface area contributed by atoms with E-state index in [1.807, 2.05) is 19.2 Å². The van der Waals surface area contributed by atoms with E-state index in [0.29, 0.717) is 0 Å². The second-order valence-corrected chi connectivity index (χ2v) is 5.06. The first kappa shape index (κ1) is 11.6. The quantitative estimate of drug-likeness (QED) is 0.869. The Labute approximate surface area is 105 Å². The lowest BCUT2D eigenvalue weighted by molar-refractivity contribution is 0.694. The number of nitrogens with one attached hydrogen (secondary N) is 1. The van der Waals surface area contributed by atoms with Crippen molar-refractivity contribution in [3.8, 4) is 0 Å². The molecular weight excluding hydrogens is 238 g/mol. The van der Waals surface area contributed by atoms with E-state index in [1.54, 1.807) is 11.3 Å². The minimum atomic E-state index is 0.226. The number of halogens is 1. The topological polar surface area (TPSA) is 12.0 Å². The predicted octanol–water partition coefficient (Wildman–Crippen LogP) is 4.02. The van der Waals surface area contributed by atoms with E-state index < -0.39 is 0 Å². The smallest absolute Gasteiger partial charge is 0.0583 e. The fraction of sp³-hybridized carbons (Fsp3) is 0.231. The fourth-order valence-electron chi connectivity index (χ4n) is 1.90. The molecule has 0 spiro atoms. The summed E-state index contributed by atoms with van der Waals surface area (Å²) in [6.45, 7) is 2.07. The van der Waals surface area contributed by atoms with E-state index in [0.717, 1.165) is 5.02 Å². The number of hydrogen-bond acceptors (Lipinski definition) is 2. The van der Waals surface area contributed by atoms with Crippen molar-refractivity contribution >= 4 is 22.9 Å². The van der Waals surface area contributed by atoms with Crippen molar-refractivity contribution in [1.29, 1.82) is 0 Å². The largest absolute Gasteiger partial charge is 0.309 e. The molecule has 0 bridgehead atoms. The first-order chi connectivity index (χ1) is 7.70. The van der Waals surface area contributed by atoms with Crippen LogP contribution in [0, 0.1) is 6.92 Å². The molecule has 84 valence electrons. The lowest BCUT2D eigenvalue weighted by atomic mass is 10.00. The molecule has 0 aliphatic rings. The van der Waals surface area contributed by atoms with Crippen molar-refractivity contribution < 1.29 is 0 Å². The van der Waals surface area contributed by atoms with Gasteiger partial charge in [-0.3, -0.25) is 0 Å². The van der Waals surface area contributed by atoms with Gasteiger partial charge in [-0.25, -0.2) is 0 Å². The van der Waals surface area contributed by atoms with Gasteiger partial charge in [0, 0.05) is 5.02 Å². The van der Waals surface area contributed by atoms with Crippen molar-refractivity contribution in [2.45, 2.75) is 13.0 Å². The van der Waals surface area contributed by atoms with Gasteiger partial charge >= 0.3 is 0 Å². The molecule has 2 rings (SSSR count). The van der Waals surface area contributed by atoms with Crippen LogP contribution in [0.1, 0.15) is 22.7 Å². The van der Waals surface area contributed by atoms with Gasteiger partial charge in [-0.15, -0.1) is 0 Å². The molecular formula is C13H14ClNS. The van der Waals surface area contributed by atoms with Crippen molar-refractivity contribution in [3.63, 3.8) is 0 Å². The van der Waals surface area contributed by atoms with Gasteiger partial charge < -0.3 is 5.32 Å². The van der Waals surface area contributed by atoms with Crippen LogP contribution in [-0.4, -0.2) is 7.05 Å². The summed E-state index contributed by atoms with van der Waals surface area (Å²) in [7, 11) is 1.97. The molecule has 0 aliphatic heterocycles. The molecule has 1 atom stereocenters. The minimum absolute atomic E-state index is 0.226. The highest BCUT2D eigenvalue weighted by atomic mass is 35.5. The van der Waals surface area contributed by atoms with Crippen molar-refractivity contribution in [3.05, 3.63) is 56.7 Å². The Kier molecular flexibility index (Phi) is 3.64. The monoisotopic (exact) mass is 251 g/mol. The lowest BCUT2D eigenvalue weighted by Crippen LogP contribution is -2.17. The number of hydrogen-bond donors (Lipinski definition) is 1. The van der Waals surface area contributed by atoms with Gasteiger partial charge in [-0.2, -0.15) is 11.3 Å². The molecule has 0 saturated carbocycles. The number of benzene rings is 1. The average Bonchev–Trinajstić information content (AvgIpc) is 2.70. The van der Waals surface area contributed by atoms with E-state index in [2.05, 4.69) is 35.1 Å². The zero-order valence-electron chi connectivity index (χ0n) is 9.33. The summed E-state index contributed by atoms with van der Waals surface area (Å²) in [6, 6.07) is 8.54. The van der Waals surface area contributed by atoms with Crippen LogP contribution in [0.5, 0.6) is 0 Å². The second kappa shape index (κ2) is 5.00. The molecule has 0 amide bonds. The highest BCUT2D eigenvalue weighted by Gasteiger charge is 2.12. The molecule has 0 radical (unpaired) electrons. The molecule has 1 heterocycles. The maximum Gasteiger partial charge on any atom is 0.0583 e. The third-order valence-electron chi connectivity index (χ3n) is 2.56. The molecule has 2 aromatic rings. The number of thiophene rings is 1. The molecule has 1 nitrogen and oxygen atoms in total. The molecule has 1 aromatic heterocycles. The van der Waals surface area contributed by atoms with Crippen LogP contribution < -0.4 is 5.32 Å². The number of rotatable bonds is 3. The van der Waals surface area contributed by atoms with Crippen LogP contribution >= 0.6 is 22.9 Å². The Bertz CT molecular complexity index is 445. The van der Waals surface area contributed by atoms with Gasteiger partial charge in [-0.1, -0.05) is 17.7 Å². The molecule has 0 fully saturated rings. The van der Waals surface area contributed by atoms with Gasteiger partial charge in [0.05, 0.1) is 6.04 Å². The normalized spacial score (nSPS) is 12.7. The van der Waals surface area contributed by atoms with E-state index in [9.17, 15) is 0 Å². The van der Waals surface area contributed by atoms with E-state index in [-0.39, 0.29) is 6.04 Å². The minimum Gasteiger partial charge on any atom is -0.309 e. The maximum atomic E-state index is 6.09. The van der Waals surface area contributed by atoms with Crippen molar-refractivity contribution in [2.75, 3.05) is 7.05 Å². The highest BCUT2D eigenvalue weighted by Crippen LogP contribution is 2.26. The fourth-order valence-corrected chi connectivity index (χ4v) is 2.88. The SMILES string of the molecule is CNC(c1ccsc1)c1cc(C)cc(Cl)c1. The summed E-state index contributed by atoms with van der Waals surface area (Å²) < 4.78 is 0. The summed E-state index contributed by atoms with van der Waals surface area (Å²) in [6.07, 6.45) is 0.